The van der Waals surface area contributed by atoms with E-state index < -0.39 is 0 Å². The summed E-state index contributed by atoms with van der Waals surface area (Å²) in [4.78, 5) is 0. The fourth-order valence-electron chi connectivity index (χ4n) is 2.02. The summed E-state index contributed by atoms with van der Waals surface area (Å²) >= 11 is 0. The van der Waals surface area contributed by atoms with Crippen LogP contribution in [0.25, 0.3) is 0 Å². The predicted molar refractivity (Wildman–Crippen MR) is 80.3 cm³/mol. The highest BCUT2D eigenvalue weighted by molar-refractivity contribution is 5.85. The minimum Gasteiger partial charge on any atom is -0.311 e. The maximum atomic E-state index is 4.33. The number of halogens is 1. The van der Waals surface area contributed by atoms with Crippen molar-refractivity contribution in [2.75, 3.05) is 6.54 Å². The van der Waals surface area contributed by atoms with Gasteiger partial charge in [0, 0.05) is 18.8 Å². The van der Waals surface area contributed by atoms with Crippen molar-refractivity contribution in [1.82, 2.24) is 15.1 Å². The second-order valence-corrected chi connectivity index (χ2v) is 4.95. The zero-order valence-corrected chi connectivity index (χ0v) is 12.8. The fourth-order valence-corrected chi connectivity index (χ4v) is 2.02. The molecule has 1 aromatic heterocycles. The van der Waals surface area contributed by atoms with Crippen molar-refractivity contribution in [3.8, 4) is 0 Å². The molecule has 0 spiro atoms. The Morgan fingerprint density at radius 2 is 1.94 bits per heavy atom. The Labute approximate surface area is 118 Å². The maximum Gasteiger partial charge on any atom is 0.0525 e. The van der Waals surface area contributed by atoms with Crippen LogP contribution in [0.2, 0.25) is 0 Å². The molecule has 0 aromatic carbocycles. The largest absolute Gasteiger partial charge is 0.311 e. The second-order valence-electron chi connectivity index (χ2n) is 4.95. The Morgan fingerprint density at radius 1 is 1.22 bits per heavy atom. The molecule has 0 aliphatic rings. The van der Waals surface area contributed by atoms with Crippen LogP contribution in [0.15, 0.2) is 12.3 Å². The van der Waals surface area contributed by atoms with Crippen molar-refractivity contribution in [2.45, 2.75) is 65.5 Å². The standard InChI is InChI=1S/C14H27N3.ClH/c1-4-5-6-7-8-10-15-12-14-9-11-16-17(14)13(2)3;/h9,11,13,15H,4-8,10,12H2,1-3H3;1H. The highest BCUT2D eigenvalue weighted by Crippen LogP contribution is 2.07. The van der Waals surface area contributed by atoms with Crippen LogP contribution in [-0.2, 0) is 6.54 Å². The molecule has 1 N–H and O–H groups in total. The van der Waals surface area contributed by atoms with Gasteiger partial charge in [0.15, 0.2) is 0 Å². The Hall–Kier alpha value is -0.540. The number of rotatable bonds is 9. The molecule has 1 heterocycles. The molecule has 0 saturated carbocycles. The maximum absolute atomic E-state index is 4.33. The van der Waals surface area contributed by atoms with E-state index >= 15 is 0 Å². The summed E-state index contributed by atoms with van der Waals surface area (Å²) < 4.78 is 2.09. The monoisotopic (exact) mass is 273 g/mol. The third-order valence-corrected chi connectivity index (χ3v) is 3.00. The SMILES string of the molecule is CCCCCCCNCc1ccnn1C(C)C.Cl. The van der Waals surface area contributed by atoms with Crippen LogP contribution in [0.1, 0.15) is 64.6 Å². The van der Waals surface area contributed by atoms with Gasteiger partial charge >= 0.3 is 0 Å². The van der Waals surface area contributed by atoms with Crippen LogP contribution in [0.5, 0.6) is 0 Å². The van der Waals surface area contributed by atoms with E-state index in [4.69, 9.17) is 0 Å². The summed E-state index contributed by atoms with van der Waals surface area (Å²) in [6.45, 7) is 8.65. The van der Waals surface area contributed by atoms with Gasteiger partial charge in [-0.1, -0.05) is 32.6 Å². The molecule has 0 saturated heterocycles. The molecule has 0 aliphatic carbocycles. The summed E-state index contributed by atoms with van der Waals surface area (Å²) in [6, 6.07) is 2.55. The van der Waals surface area contributed by atoms with E-state index in [1.807, 2.05) is 6.20 Å². The molecule has 106 valence electrons. The van der Waals surface area contributed by atoms with E-state index in [1.54, 1.807) is 0 Å². The van der Waals surface area contributed by atoms with Gasteiger partial charge in [0.05, 0.1) is 5.69 Å². The quantitative estimate of drug-likeness (QED) is 0.691. The summed E-state index contributed by atoms with van der Waals surface area (Å²) in [6.07, 6.45) is 8.60. The molecule has 0 amide bonds. The van der Waals surface area contributed by atoms with Crippen LogP contribution in [0.4, 0.5) is 0 Å². The van der Waals surface area contributed by atoms with E-state index in [1.165, 1.54) is 37.8 Å². The van der Waals surface area contributed by atoms with Gasteiger partial charge in [0.2, 0.25) is 0 Å². The van der Waals surface area contributed by atoms with Crippen LogP contribution < -0.4 is 5.32 Å². The first kappa shape index (κ1) is 17.5. The Bertz CT molecular complexity index is 297. The number of unbranched alkanes of at least 4 members (excludes halogenated alkanes) is 4. The smallest absolute Gasteiger partial charge is 0.0525 e. The van der Waals surface area contributed by atoms with Crippen LogP contribution >= 0.6 is 12.4 Å². The molecular weight excluding hydrogens is 246 g/mol. The molecule has 3 nitrogen and oxygen atoms in total. The van der Waals surface area contributed by atoms with Gasteiger partial charge in [-0.25, -0.2) is 0 Å². The topological polar surface area (TPSA) is 29.9 Å². The number of nitrogens with one attached hydrogen (secondary N) is 1. The van der Waals surface area contributed by atoms with Gasteiger partial charge in [-0.3, -0.25) is 4.68 Å². The molecule has 0 bridgehead atoms. The fraction of sp³-hybridized carbons (Fsp3) is 0.786. The average Bonchev–Trinajstić information content (AvgIpc) is 2.76. The lowest BCUT2D eigenvalue weighted by Gasteiger charge is -2.11. The van der Waals surface area contributed by atoms with Crippen molar-refractivity contribution in [1.29, 1.82) is 0 Å². The zero-order valence-electron chi connectivity index (χ0n) is 12.0. The third-order valence-electron chi connectivity index (χ3n) is 3.00. The Kier molecular flexibility index (Phi) is 10.1. The third kappa shape index (κ3) is 6.41. The second kappa shape index (κ2) is 10.4. The molecular formula is C14H28ClN3. The van der Waals surface area contributed by atoms with Crippen molar-refractivity contribution >= 4 is 12.4 Å². The van der Waals surface area contributed by atoms with E-state index in [0.29, 0.717) is 6.04 Å². The normalized spacial score (nSPS) is 10.7. The minimum atomic E-state index is 0. The first-order valence-corrected chi connectivity index (χ1v) is 6.98. The summed E-state index contributed by atoms with van der Waals surface area (Å²) in [7, 11) is 0. The van der Waals surface area contributed by atoms with E-state index in [9.17, 15) is 0 Å². The number of hydrogen-bond donors (Lipinski definition) is 1. The van der Waals surface area contributed by atoms with Crippen molar-refractivity contribution in [2.24, 2.45) is 0 Å². The number of hydrogen-bond acceptors (Lipinski definition) is 2. The minimum absolute atomic E-state index is 0. The predicted octanol–water partition coefficient (Wildman–Crippen LogP) is 3.95. The van der Waals surface area contributed by atoms with Gasteiger partial charge < -0.3 is 5.32 Å². The Balaban J connectivity index is 0.00000289. The Morgan fingerprint density at radius 3 is 2.61 bits per heavy atom. The van der Waals surface area contributed by atoms with Crippen molar-refractivity contribution < 1.29 is 0 Å². The van der Waals surface area contributed by atoms with Crippen LogP contribution in [0.3, 0.4) is 0 Å². The molecule has 0 atom stereocenters. The van der Waals surface area contributed by atoms with E-state index in [2.05, 4.69) is 41.9 Å². The first-order valence-electron chi connectivity index (χ1n) is 6.98. The van der Waals surface area contributed by atoms with Gasteiger partial charge in [-0.05, 0) is 32.9 Å². The molecule has 1 aromatic rings. The lowest BCUT2D eigenvalue weighted by atomic mass is 10.1. The molecule has 18 heavy (non-hydrogen) atoms. The number of aromatic nitrogens is 2. The summed E-state index contributed by atoms with van der Waals surface area (Å²) in [5, 5.41) is 7.83. The van der Waals surface area contributed by atoms with E-state index in [0.717, 1.165) is 13.1 Å². The van der Waals surface area contributed by atoms with Gasteiger partial charge in [-0.2, -0.15) is 5.10 Å². The van der Waals surface area contributed by atoms with Crippen LogP contribution in [-0.4, -0.2) is 16.3 Å². The average molecular weight is 274 g/mol. The van der Waals surface area contributed by atoms with Crippen LogP contribution in [0, 0.1) is 0 Å². The summed E-state index contributed by atoms with van der Waals surface area (Å²) in [5.41, 5.74) is 1.29. The number of nitrogens with zero attached hydrogens (tertiary/aromatic N) is 2. The van der Waals surface area contributed by atoms with E-state index in [-0.39, 0.29) is 12.4 Å². The van der Waals surface area contributed by atoms with Gasteiger partial charge in [0.25, 0.3) is 0 Å². The first-order chi connectivity index (χ1) is 8.25. The molecule has 1 rings (SSSR count). The highest BCUT2D eigenvalue weighted by Gasteiger charge is 2.04. The zero-order chi connectivity index (χ0) is 12.5. The molecule has 4 heteroatoms. The van der Waals surface area contributed by atoms with Gasteiger partial charge in [0.1, 0.15) is 0 Å². The molecule has 0 fully saturated rings. The molecule has 0 unspecified atom stereocenters. The lowest BCUT2D eigenvalue weighted by molar-refractivity contribution is 0.491. The van der Waals surface area contributed by atoms with Gasteiger partial charge in [-0.15, -0.1) is 12.4 Å². The lowest BCUT2D eigenvalue weighted by Crippen LogP contribution is -2.18. The highest BCUT2D eigenvalue weighted by atomic mass is 35.5. The molecule has 0 aliphatic heterocycles. The molecule has 0 radical (unpaired) electrons. The van der Waals surface area contributed by atoms with Crippen molar-refractivity contribution in [3.63, 3.8) is 0 Å². The summed E-state index contributed by atoms with van der Waals surface area (Å²) in [5.74, 6) is 0. The van der Waals surface area contributed by atoms with Crippen molar-refractivity contribution in [3.05, 3.63) is 18.0 Å².